The Morgan fingerprint density at radius 2 is 1.02 bits per heavy atom. The van der Waals surface area contributed by atoms with Gasteiger partial charge in [0.1, 0.15) is 13.2 Å². The summed E-state index contributed by atoms with van der Waals surface area (Å²) in [5.41, 5.74) is 0. The van der Waals surface area contributed by atoms with Gasteiger partial charge in [0.2, 0.25) is 5.91 Å². The zero-order chi connectivity index (χ0) is 40.7. The van der Waals surface area contributed by atoms with E-state index in [9.17, 15) is 19.4 Å². The van der Waals surface area contributed by atoms with Crippen LogP contribution in [-0.4, -0.2) is 73.4 Å². The fourth-order valence-electron chi connectivity index (χ4n) is 6.69. The summed E-state index contributed by atoms with van der Waals surface area (Å²) in [6, 6.07) is -0.845. The minimum Gasteiger partial charge on any atom is -0.387 e. The molecule has 0 saturated heterocycles. The van der Waals surface area contributed by atoms with Gasteiger partial charge < -0.3 is 19.8 Å². The molecule has 1 unspecified atom stereocenters. The number of hydrogen-bond acceptors (Lipinski definition) is 5. The van der Waals surface area contributed by atoms with Crippen molar-refractivity contribution in [3.05, 3.63) is 24.3 Å². The first kappa shape index (κ1) is 54.0. The Morgan fingerprint density at radius 3 is 1.47 bits per heavy atom. The van der Waals surface area contributed by atoms with Gasteiger partial charge >= 0.3 is 7.82 Å². The summed E-state index contributed by atoms with van der Waals surface area (Å²) >= 11 is 0. The molecule has 0 fully saturated rings. The largest absolute Gasteiger partial charge is 0.472 e. The number of unbranched alkanes of at least 4 members (excludes halogenated alkanes) is 27. The van der Waals surface area contributed by atoms with Gasteiger partial charge in [-0.2, -0.15) is 0 Å². The number of allylic oxidation sites excluding steroid dienone is 3. The Kier molecular flexibility index (Phi) is 37.8. The predicted molar refractivity (Wildman–Crippen MR) is 235 cm³/mol. The molecule has 0 aliphatic carbocycles. The molecule has 0 aliphatic rings. The summed E-state index contributed by atoms with van der Waals surface area (Å²) in [4.78, 5) is 23.1. The van der Waals surface area contributed by atoms with E-state index in [2.05, 4.69) is 31.3 Å². The molecule has 0 aliphatic heterocycles. The normalized spacial score (nSPS) is 14.5. The van der Waals surface area contributed by atoms with Crippen LogP contribution in [0.25, 0.3) is 0 Å². The molecule has 0 heterocycles. The second kappa shape index (κ2) is 38.5. The van der Waals surface area contributed by atoms with E-state index in [0.29, 0.717) is 17.4 Å². The topological polar surface area (TPSA) is 105 Å². The van der Waals surface area contributed by atoms with Gasteiger partial charge in [0.25, 0.3) is 0 Å². The zero-order valence-corrected chi connectivity index (χ0v) is 37.8. The molecule has 0 aromatic heterocycles. The Morgan fingerprint density at radius 1 is 0.600 bits per heavy atom. The van der Waals surface area contributed by atoms with Crippen LogP contribution in [0.5, 0.6) is 0 Å². The molecule has 0 aromatic rings. The Bertz CT molecular complexity index is 953. The third-order valence-electron chi connectivity index (χ3n) is 10.4. The number of carbonyl (C=O) groups is 1. The van der Waals surface area contributed by atoms with Gasteiger partial charge in [-0.05, 0) is 38.5 Å². The monoisotopic (exact) mass is 800 g/mol. The van der Waals surface area contributed by atoms with Crippen LogP contribution in [0.3, 0.4) is 0 Å². The van der Waals surface area contributed by atoms with Gasteiger partial charge in [-0.3, -0.25) is 13.8 Å². The van der Waals surface area contributed by atoms with E-state index >= 15 is 0 Å². The van der Waals surface area contributed by atoms with Gasteiger partial charge in [0.05, 0.1) is 39.9 Å². The van der Waals surface area contributed by atoms with Crippen molar-refractivity contribution in [1.82, 2.24) is 5.32 Å². The van der Waals surface area contributed by atoms with Crippen molar-refractivity contribution in [3.8, 4) is 0 Å². The van der Waals surface area contributed by atoms with Crippen molar-refractivity contribution < 1.29 is 32.9 Å². The number of nitrogens with one attached hydrogen (secondary N) is 1. The Labute approximate surface area is 341 Å². The number of aliphatic hydroxyl groups is 1. The molecule has 0 rings (SSSR count). The number of aliphatic hydroxyl groups excluding tert-OH is 1. The lowest BCUT2D eigenvalue weighted by atomic mass is 10.0. The first-order valence-corrected chi connectivity index (χ1v) is 24.7. The van der Waals surface area contributed by atoms with Gasteiger partial charge in [-0.25, -0.2) is 4.57 Å². The van der Waals surface area contributed by atoms with Crippen LogP contribution in [0.15, 0.2) is 24.3 Å². The van der Waals surface area contributed by atoms with Crippen molar-refractivity contribution in [2.75, 3.05) is 40.9 Å². The van der Waals surface area contributed by atoms with Crippen LogP contribution in [0.2, 0.25) is 0 Å². The number of phosphoric acid groups is 1. The van der Waals surface area contributed by atoms with E-state index < -0.39 is 20.0 Å². The lowest BCUT2D eigenvalue weighted by Crippen LogP contribution is -2.45. The first-order valence-electron chi connectivity index (χ1n) is 23.2. The van der Waals surface area contributed by atoms with E-state index in [4.69, 9.17) is 9.05 Å². The number of rotatable bonds is 42. The molecule has 3 atom stereocenters. The van der Waals surface area contributed by atoms with Crippen LogP contribution in [0.4, 0.5) is 0 Å². The maximum absolute atomic E-state index is 12.9. The molecule has 0 radical (unpaired) electrons. The van der Waals surface area contributed by atoms with Gasteiger partial charge in [0.15, 0.2) is 0 Å². The van der Waals surface area contributed by atoms with Gasteiger partial charge in [0, 0.05) is 6.42 Å². The molecule has 0 bridgehead atoms. The lowest BCUT2D eigenvalue weighted by Gasteiger charge is -2.25. The number of quaternary nitrogens is 1. The summed E-state index contributed by atoms with van der Waals surface area (Å²) in [7, 11) is 1.57. The number of hydrogen-bond donors (Lipinski definition) is 3. The summed E-state index contributed by atoms with van der Waals surface area (Å²) in [6.45, 7) is 4.77. The molecule has 8 nitrogen and oxygen atoms in total. The lowest BCUT2D eigenvalue weighted by molar-refractivity contribution is -0.870. The van der Waals surface area contributed by atoms with Crippen LogP contribution >= 0.6 is 7.82 Å². The second-order valence-corrected chi connectivity index (χ2v) is 18.6. The van der Waals surface area contributed by atoms with E-state index in [0.717, 1.165) is 38.5 Å². The van der Waals surface area contributed by atoms with E-state index in [-0.39, 0.29) is 19.1 Å². The van der Waals surface area contributed by atoms with Crippen LogP contribution < -0.4 is 5.32 Å². The van der Waals surface area contributed by atoms with Gasteiger partial charge in [-0.15, -0.1) is 0 Å². The minimum absolute atomic E-state index is 0.0617. The minimum atomic E-state index is -4.33. The predicted octanol–water partition coefficient (Wildman–Crippen LogP) is 12.9. The molecule has 55 heavy (non-hydrogen) atoms. The van der Waals surface area contributed by atoms with E-state index in [1.54, 1.807) is 6.08 Å². The number of amides is 1. The molecule has 9 heteroatoms. The number of phosphoric ester groups is 1. The first-order chi connectivity index (χ1) is 26.5. The molecule has 0 aromatic carbocycles. The molecule has 0 saturated carbocycles. The fourth-order valence-corrected chi connectivity index (χ4v) is 7.43. The highest BCUT2D eigenvalue weighted by molar-refractivity contribution is 7.47. The van der Waals surface area contributed by atoms with Crippen molar-refractivity contribution in [2.24, 2.45) is 0 Å². The van der Waals surface area contributed by atoms with E-state index in [1.165, 1.54) is 154 Å². The number of nitrogens with zero attached hydrogens (tertiary/aromatic N) is 1. The van der Waals surface area contributed by atoms with Crippen LogP contribution in [0.1, 0.15) is 213 Å². The summed E-state index contributed by atoms with van der Waals surface area (Å²) in [5, 5.41) is 13.8. The molecular formula is C46H92N2O6P+. The van der Waals surface area contributed by atoms with Crippen molar-refractivity contribution >= 4 is 13.7 Å². The molecular weight excluding hydrogens is 707 g/mol. The number of likely N-dealkylation sites (N-methyl/N-ethyl adjacent to an activating group) is 1. The molecule has 3 N–H and O–H groups in total. The third-order valence-corrected chi connectivity index (χ3v) is 11.4. The standard InChI is InChI=1S/C46H91N2O6P/c1-6-8-10-12-14-16-18-20-21-22-23-24-25-26-28-30-32-34-36-38-40-46(50)47-44(43-54-55(51,52)53-42-41-48(3,4)5)45(49)39-37-35-33-31-29-27-19-17-15-13-11-9-7-2/h11,13,37,39,44-45,49H,6-10,12,14-36,38,40-43H2,1-5H3,(H-,47,50,51,52)/p+1/b13-11+,39-37+/t44-,45+/m0/s1. The van der Waals surface area contributed by atoms with Crippen LogP contribution in [-0.2, 0) is 18.4 Å². The van der Waals surface area contributed by atoms with Crippen molar-refractivity contribution in [3.63, 3.8) is 0 Å². The zero-order valence-electron chi connectivity index (χ0n) is 36.9. The van der Waals surface area contributed by atoms with Crippen molar-refractivity contribution in [2.45, 2.75) is 225 Å². The summed E-state index contributed by atoms with van der Waals surface area (Å²) < 4.78 is 23.6. The van der Waals surface area contributed by atoms with E-state index in [1.807, 2.05) is 27.2 Å². The molecule has 0 spiro atoms. The second-order valence-electron chi connectivity index (χ2n) is 17.1. The highest BCUT2D eigenvalue weighted by Gasteiger charge is 2.27. The van der Waals surface area contributed by atoms with Crippen LogP contribution in [0, 0.1) is 0 Å². The molecule has 1 amide bonds. The quantitative estimate of drug-likeness (QED) is 0.0246. The summed E-state index contributed by atoms with van der Waals surface area (Å²) in [5.74, 6) is -0.178. The highest BCUT2D eigenvalue weighted by atomic mass is 31.2. The van der Waals surface area contributed by atoms with Crippen molar-refractivity contribution in [1.29, 1.82) is 0 Å². The third kappa shape index (κ3) is 41.0. The SMILES string of the molecule is CCC/C=C/CCCCCCCC/C=C/[C@@H](O)[C@H](COP(=O)(O)OCC[N+](C)(C)C)NC(=O)CCCCCCCCCCCCCCCCCCCCCC. The smallest absolute Gasteiger partial charge is 0.387 e. The fraction of sp³-hybridized carbons (Fsp3) is 0.891. The Balaban J connectivity index is 4.31. The number of carbonyl (C=O) groups excluding carboxylic acids is 1. The maximum Gasteiger partial charge on any atom is 0.472 e. The van der Waals surface area contributed by atoms with Gasteiger partial charge in [-0.1, -0.05) is 192 Å². The summed E-state index contributed by atoms with van der Waals surface area (Å²) in [6.07, 6.45) is 45.3. The molecule has 326 valence electrons. The highest BCUT2D eigenvalue weighted by Crippen LogP contribution is 2.43. The average molecular weight is 800 g/mol. The average Bonchev–Trinajstić information content (AvgIpc) is 3.13. The maximum atomic E-state index is 12.9. The Hall–Kier alpha value is -1.02.